The third-order valence-corrected chi connectivity index (χ3v) is 6.48. The summed E-state index contributed by atoms with van der Waals surface area (Å²) in [5.41, 5.74) is 1.41. The number of piperazine rings is 1. The van der Waals surface area contributed by atoms with E-state index in [1.54, 1.807) is 0 Å². The quantitative estimate of drug-likeness (QED) is 0.793. The van der Waals surface area contributed by atoms with Gasteiger partial charge in [-0.1, -0.05) is 30.3 Å². The standard InChI is InChI=1S/C22H33N3O2/c26-22-21(7-4-11-25(22)20-9-17-27-18-10-20)24-15-13-23(14-16-24)12-8-19-5-2-1-3-6-19/h1-3,5-6,20-21H,4,7-18H2. The number of hydrogen-bond acceptors (Lipinski definition) is 4. The molecule has 3 fully saturated rings. The van der Waals surface area contributed by atoms with Gasteiger partial charge in [-0.05, 0) is 37.7 Å². The molecule has 1 atom stereocenters. The molecule has 5 heteroatoms. The summed E-state index contributed by atoms with van der Waals surface area (Å²) in [5, 5.41) is 0. The summed E-state index contributed by atoms with van der Waals surface area (Å²) < 4.78 is 5.48. The third kappa shape index (κ3) is 4.71. The number of ether oxygens (including phenoxy) is 1. The first-order valence-electron chi connectivity index (χ1n) is 10.7. The fraction of sp³-hybridized carbons (Fsp3) is 0.682. The average molecular weight is 372 g/mol. The molecular weight excluding hydrogens is 338 g/mol. The van der Waals surface area contributed by atoms with E-state index in [1.165, 1.54) is 5.56 Å². The molecule has 27 heavy (non-hydrogen) atoms. The molecule has 3 heterocycles. The van der Waals surface area contributed by atoms with E-state index in [0.29, 0.717) is 11.9 Å². The third-order valence-electron chi connectivity index (χ3n) is 6.48. The van der Waals surface area contributed by atoms with Gasteiger partial charge in [-0.15, -0.1) is 0 Å². The van der Waals surface area contributed by atoms with E-state index in [0.717, 1.165) is 84.6 Å². The van der Waals surface area contributed by atoms with Crippen LogP contribution in [0.4, 0.5) is 0 Å². The number of benzene rings is 1. The molecule has 0 aromatic heterocycles. The average Bonchev–Trinajstić information content (AvgIpc) is 2.74. The van der Waals surface area contributed by atoms with Gasteiger partial charge in [-0.25, -0.2) is 0 Å². The van der Waals surface area contributed by atoms with E-state index >= 15 is 0 Å². The highest BCUT2D eigenvalue weighted by atomic mass is 16.5. The fourth-order valence-corrected chi connectivity index (χ4v) is 4.81. The van der Waals surface area contributed by atoms with Crippen molar-refractivity contribution in [1.29, 1.82) is 0 Å². The molecule has 0 aliphatic carbocycles. The summed E-state index contributed by atoms with van der Waals surface area (Å²) in [4.78, 5) is 20.3. The Morgan fingerprint density at radius 3 is 2.41 bits per heavy atom. The number of carbonyl (C=O) groups is 1. The van der Waals surface area contributed by atoms with Crippen LogP contribution in [0.5, 0.6) is 0 Å². The van der Waals surface area contributed by atoms with Gasteiger partial charge in [0.1, 0.15) is 0 Å². The summed E-state index contributed by atoms with van der Waals surface area (Å²) in [5.74, 6) is 0.380. The van der Waals surface area contributed by atoms with Gasteiger partial charge in [0.15, 0.2) is 0 Å². The Bertz CT molecular complexity index is 595. The highest BCUT2D eigenvalue weighted by Crippen LogP contribution is 2.24. The second-order valence-corrected chi connectivity index (χ2v) is 8.15. The van der Waals surface area contributed by atoms with E-state index in [1.807, 2.05) is 0 Å². The van der Waals surface area contributed by atoms with Gasteiger partial charge in [0, 0.05) is 58.5 Å². The topological polar surface area (TPSA) is 36.0 Å². The number of carbonyl (C=O) groups excluding carboxylic acids is 1. The van der Waals surface area contributed by atoms with Crippen molar-refractivity contribution in [3.05, 3.63) is 35.9 Å². The number of amides is 1. The molecule has 0 spiro atoms. The van der Waals surface area contributed by atoms with Crippen molar-refractivity contribution < 1.29 is 9.53 Å². The Kier molecular flexibility index (Phi) is 6.43. The molecule has 3 aliphatic rings. The summed E-state index contributed by atoms with van der Waals surface area (Å²) in [6.45, 7) is 7.86. The second kappa shape index (κ2) is 9.18. The van der Waals surface area contributed by atoms with Crippen LogP contribution in [0.3, 0.4) is 0 Å². The van der Waals surface area contributed by atoms with Gasteiger partial charge >= 0.3 is 0 Å². The Hall–Kier alpha value is -1.43. The molecule has 0 bridgehead atoms. The molecule has 0 radical (unpaired) electrons. The molecule has 4 rings (SSSR count). The van der Waals surface area contributed by atoms with Gasteiger partial charge < -0.3 is 14.5 Å². The van der Waals surface area contributed by atoms with Gasteiger partial charge in [-0.3, -0.25) is 9.69 Å². The maximum Gasteiger partial charge on any atom is 0.240 e. The minimum absolute atomic E-state index is 0.109. The van der Waals surface area contributed by atoms with Crippen LogP contribution in [0.25, 0.3) is 0 Å². The summed E-state index contributed by atoms with van der Waals surface area (Å²) in [6.07, 6.45) is 5.29. The maximum absolute atomic E-state index is 13.1. The van der Waals surface area contributed by atoms with E-state index in [4.69, 9.17) is 4.74 Å². The summed E-state index contributed by atoms with van der Waals surface area (Å²) in [7, 11) is 0. The summed E-state index contributed by atoms with van der Waals surface area (Å²) in [6, 6.07) is 11.2. The minimum atomic E-state index is 0.109. The molecule has 0 N–H and O–H groups in total. The molecule has 1 amide bonds. The van der Waals surface area contributed by atoms with Crippen LogP contribution in [-0.2, 0) is 16.0 Å². The van der Waals surface area contributed by atoms with Crippen molar-refractivity contribution in [3.8, 4) is 0 Å². The van der Waals surface area contributed by atoms with E-state index < -0.39 is 0 Å². The molecule has 148 valence electrons. The van der Waals surface area contributed by atoms with Crippen LogP contribution in [0, 0.1) is 0 Å². The molecule has 5 nitrogen and oxygen atoms in total. The lowest BCUT2D eigenvalue weighted by Crippen LogP contribution is -2.59. The van der Waals surface area contributed by atoms with Gasteiger partial charge in [-0.2, -0.15) is 0 Å². The van der Waals surface area contributed by atoms with Crippen LogP contribution >= 0.6 is 0 Å². The molecule has 0 saturated carbocycles. The van der Waals surface area contributed by atoms with Gasteiger partial charge in [0.2, 0.25) is 5.91 Å². The lowest BCUT2D eigenvalue weighted by Gasteiger charge is -2.45. The van der Waals surface area contributed by atoms with Crippen LogP contribution in [0.2, 0.25) is 0 Å². The Labute approximate surface area is 163 Å². The Morgan fingerprint density at radius 2 is 1.67 bits per heavy atom. The van der Waals surface area contributed by atoms with Gasteiger partial charge in [0.05, 0.1) is 6.04 Å². The lowest BCUT2D eigenvalue weighted by molar-refractivity contribution is -0.145. The SMILES string of the molecule is O=C1C(N2CCN(CCc3ccccc3)CC2)CCCN1C1CCOCC1. The first kappa shape index (κ1) is 18.9. The molecule has 1 unspecified atom stereocenters. The number of likely N-dealkylation sites (tertiary alicyclic amines) is 1. The second-order valence-electron chi connectivity index (χ2n) is 8.15. The molecular formula is C22H33N3O2. The van der Waals surface area contributed by atoms with Crippen molar-refractivity contribution in [2.24, 2.45) is 0 Å². The van der Waals surface area contributed by atoms with Crippen molar-refractivity contribution in [3.63, 3.8) is 0 Å². The zero-order chi connectivity index (χ0) is 18.5. The van der Waals surface area contributed by atoms with Crippen LogP contribution in [-0.4, -0.2) is 85.2 Å². The molecule has 1 aromatic carbocycles. The lowest BCUT2D eigenvalue weighted by atomic mass is 9.97. The van der Waals surface area contributed by atoms with Crippen molar-refractivity contribution in [2.45, 2.75) is 44.2 Å². The van der Waals surface area contributed by atoms with E-state index in [-0.39, 0.29) is 6.04 Å². The number of nitrogens with zero attached hydrogens (tertiary/aromatic N) is 3. The first-order valence-corrected chi connectivity index (χ1v) is 10.7. The minimum Gasteiger partial charge on any atom is -0.381 e. The number of piperidine rings is 1. The van der Waals surface area contributed by atoms with E-state index in [9.17, 15) is 4.79 Å². The summed E-state index contributed by atoms with van der Waals surface area (Å²) >= 11 is 0. The highest BCUT2D eigenvalue weighted by Gasteiger charge is 2.37. The van der Waals surface area contributed by atoms with Gasteiger partial charge in [0.25, 0.3) is 0 Å². The van der Waals surface area contributed by atoms with Crippen molar-refractivity contribution >= 4 is 5.91 Å². The maximum atomic E-state index is 13.1. The van der Waals surface area contributed by atoms with Crippen LogP contribution in [0.15, 0.2) is 30.3 Å². The zero-order valence-electron chi connectivity index (χ0n) is 16.4. The Balaban J connectivity index is 1.26. The predicted octanol–water partition coefficient (Wildman–Crippen LogP) is 2.02. The Morgan fingerprint density at radius 1 is 0.926 bits per heavy atom. The monoisotopic (exact) mass is 371 g/mol. The highest BCUT2D eigenvalue weighted by molar-refractivity contribution is 5.83. The molecule has 3 aliphatic heterocycles. The smallest absolute Gasteiger partial charge is 0.240 e. The van der Waals surface area contributed by atoms with Crippen LogP contribution in [0.1, 0.15) is 31.2 Å². The number of rotatable bonds is 5. The van der Waals surface area contributed by atoms with Crippen LogP contribution < -0.4 is 0 Å². The van der Waals surface area contributed by atoms with Crippen molar-refractivity contribution in [1.82, 2.24) is 14.7 Å². The van der Waals surface area contributed by atoms with Crippen molar-refractivity contribution in [2.75, 3.05) is 52.5 Å². The first-order chi connectivity index (χ1) is 13.3. The fourth-order valence-electron chi connectivity index (χ4n) is 4.81. The zero-order valence-corrected chi connectivity index (χ0v) is 16.4. The molecule has 3 saturated heterocycles. The number of hydrogen-bond donors (Lipinski definition) is 0. The largest absolute Gasteiger partial charge is 0.381 e. The predicted molar refractivity (Wildman–Crippen MR) is 107 cm³/mol. The molecule has 1 aromatic rings. The normalized spacial score (nSPS) is 26.4. The van der Waals surface area contributed by atoms with E-state index in [2.05, 4.69) is 45.0 Å².